The first-order chi connectivity index (χ1) is 9.33. The Morgan fingerprint density at radius 1 is 1.38 bits per heavy atom. The highest BCUT2D eigenvalue weighted by molar-refractivity contribution is 5.71. The number of aliphatic hydroxyl groups excluding tert-OH is 1. The monoisotopic (exact) mass is 311 g/mol. The summed E-state index contributed by atoms with van der Waals surface area (Å²) in [6.07, 6.45) is -7.47. The van der Waals surface area contributed by atoms with Crippen LogP contribution in [0.3, 0.4) is 0 Å². The topological polar surface area (TPSA) is 92.8 Å². The van der Waals surface area contributed by atoms with E-state index in [0.29, 0.717) is 0 Å². The van der Waals surface area contributed by atoms with Crippen LogP contribution in [0.1, 0.15) is 33.6 Å². The lowest BCUT2D eigenvalue weighted by Gasteiger charge is -2.28. The average Bonchev–Trinajstić information content (AvgIpc) is 2.56. The van der Waals surface area contributed by atoms with Crippen LogP contribution >= 0.6 is 0 Å². The summed E-state index contributed by atoms with van der Waals surface area (Å²) in [7, 11) is 0. The maximum Gasteiger partial charge on any atom is 0.417 e. The maximum atomic E-state index is 13.2. The summed E-state index contributed by atoms with van der Waals surface area (Å²) < 4.78 is 44.6. The molecule has 4 N–H and O–H groups in total. The summed E-state index contributed by atoms with van der Waals surface area (Å²) in [6, 6.07) is -1.05. The van der Waals surface area contributed by atoms with E-state index in [-0.39, 0.29) is 18.4 Å². The molecule has 1 saturated carbocycles. The molecule has 1 rings (SSSR count). The van der Waals surface area contributed by atoms with E-state index in [1.807, 2.05) is 0 Å². The molecule has 0 bridgehead atoms. The summed E-state index contributed by atoms with van der Waals surface area (Å²) in [5, 5.41) is 18.7. The van der Waals surface area contributed by atoms with Gasteiger partial charge in [0.2, 0.25) is 0 Å². The van der Waals surface area contributed by atoms with Crippen LogP contribution in [0, 0.1) is 5.92 Å². The van der Waals surface area contributed by atoms with E-state index in [2.05, 4.69) is 0 Å². The minimum atomic E-state index is -4.84. The fourth-order valence-corrected chi connectivity index (χ4v) is 2.32. The molecular weight excluding hydrogens is 291 g/mol. The Labute approximate surface area is 120 Å². The van der Waals surface area contributed by atoms with E-state index in [0.717, 1.165) is 0 Å². The standard InChI is InChI=1S/C13H20F3NO4/c1-12(2,3)21-11(20)9(13(14,15)16)7-4-6(10(18)19)5-8(7)17/h6,8,11,20H,4-5,17H2,1-3H3,(H,18,19)/b9-7+/t6-,8-,11?/m0/s1. The van der Waals surface area contributed by atoms with Gasteiger partial charge in [0.05, 0.1) is 17.1 Å². The molecule has 21 heavy (non-hydrogen) atoms. The Bertz CT molecular complexity index is 440. The number of aliphatic carboxylic acids is 1. The largest absolute Gasteiger partial charge is 0.481 e. The first-order valence-electron chi connectivity index (χ1n) is 6.47. The van der Waals surface area contributed by atoms with Gasteiger partial charge in [0.25, 0.3) is 0 Å². The molecule has 0 saturated heterocycles. The summed E-state index contributed by atoms with van der Waals surface area (Å²) >= 11 is 0. The Kier molecular flexibility index (Phi) is 5.07. The van der Waals surface area contributed by atoms with Crippen molar-refractivity contribution in [2.45, 2.75) is 57.7 Å². The van der Waals surface area contributed by atoms with Gasteiger partial charge in [0, 0.05) is 6.04 Å². The molecule has 0 aliphatic heterocycles. The minimum absolute atomic E-state index is 0.0908. The summed E-state index contributed by atoms with van der Waals surface area (Å²) in [5.74, 6) is -2.18. The number of halogens is 3. The second-order valence-electron chi connectivity index (χ2n) is 6.10. The van der Waals surface area contributed by atoms with Crippen molar-refractivity contribution in [3.8, 4) is 0 Å². The molecule has 5 nitrogen and oxygen atoms in total. The van der Waals surface area contributed by atoms with E-state index in [1.54, 1.807) is 0 Å². The number of carbonyl (C=O) groups is 1. The van der Waals surface area contributed by atoms with Gasteiger partial charge in [0.15, 0.2) is 6.29 Å². The maximum absolute atomic E-state index is 13.2. The van der Waals surface area contributed by atoms with E-state index < -0.39 is 41.6 Å². The SMILES string of the molecule is CC(C)(C)OC(O)/C(=C1/C[C@H](C(=O)O)C[C@@H]1N)C(F)(F)F. The Morgan fingerprint density at radius 3 is 2.24 bits per heavy atom. The molecule has 0 spiro atoms. The Morgan fingerprint density at radius 2 is 1.90 bits per heavy atom. The molecule has 1 aliphatic rings. The predicted octanol–water partition coefficient (Wildman–Crippen LogP) is 1.80. The van der Waals surface area contributed by atoms with Crippen LogP contribution in [-0.4, -0.2) is 40.3 Å². The van der Waals surface area contributed by atoms with Crippen molar-refractivity contribution in [1.29, 1.82) is 0 Å². The van der Waals surface area contributed by atoms with Gasteiger partial charge in [-0.1, -0.05) is 0 Å². The highest BCUT2D eigenvalue weighted by atomic mass is 19.4. The second-order valence-corrected chi connectivity index (χ2v) is 6.10. The quantitative estimate of drug-likeness (QED) is 0.546. The molecule has 0 radical (unpaired) electrons. The van der Waals surface area contributed by atoms with Gasteiger partial charge in [-0.3, -0.25) is 4.79 Å². The molecule has 0 aromatic rings. The zero-order valence-corrected chi connectivity index (χ0v) is 12.1. The number of carboxylic acid groups (broad SMARTS) is 1. The molecule has 1 unspecified atom stereocenters. The number of aliphatic hydroxyl groups is 1. The van der Waals surface area contributed by atoms with Crippen LogP contribution < -0.4 is 5.73 Å². The first-order valence-corrected chi connectivity index (χ1v) is 6.47. The van der Waals surface area contributed by atoms with Crippen LogP contribution in [0.15, 0.2) is 11.1 Å². The zero-order valence-electron chi connectivity index (χ0n) is 12.1. The molecule has 1 fully saturated rings. The van der Waals surface area contributed by atoms with Crippen LogP contribution in [0.4, 0.5) is 13.2 Å². The van der Waals surface area contributed by atoms with Crippen molar-refractivity contribution < 1.29 is 32.9 Å². The number of carboxylic acids is 1. The molecule has 0 amide bonds. The molecule has 1 aliphatic carbocycles. The molecule has 0 aromatic carbocycles. The fourth-order valence-electron chi connectivity index (χ4n) is 2.32. The van der Waals surface area contributed by atoms with Crippen LogP contribution in [0.2, 0.25) is 0 Å². The van der Waals surface area contributed by atoms with Crippen LogP contribution in [0.5, 0.6) is 0 Å². The smallest absolute Gasteiger partial charge is 0.417 e. The lowest BCUT2D eigenvalue weighted by atomic mass is 10.0. The van der Waals surface area contributed by atoms with Crippen molar-refractivity contribution in [3.05, 3.63) is 11.1 Å². The van der Waals surface area contributed by atoms with Gasteiger partial charge in [0.1, 0.15) is 0 Å². The number of alkyl halides is 3. The average molecular weight is 311 g/mol. The van der Waals surface area contributed by atoms with Crippen molar-refractivity contribution >= 4 is 5.97 Å². The third kappa shape index (κ3) is 4.69. The van der Waals surface area contributed by atoms with Crippen molar-refractivity contribution in [2.75, 3.05) is 0 Å². The van der Waals surface area contributed by atoms with Crippen LogP contribution in [0.25, 0.3) is 0 Å². The lowest BCUT2D eigenvalue weighted by Crippen LogP contribution is -2.36. The van der Waals surface area contributed by atoms with Gasteiger partial charge in [-0.2, -0.15) is 13.2 Å². The number of hydrogen-bond acceptors (Lipinski definition) is 4. The summed E-state index contributed by atoms with van der Waals surface area (Å²) in [5.41, 5.74) is 3.04. The third-order valence-corrected chi connectivity index (χ3v) is 3.17. The van der Waals surface area contributed by atoms with Gasteiger partial charge in [-0.25, -0.2) is 0 Å². The normalized spacial score (nSPS) is 27.6. The molecule has 0 heterocycles. The Balaban J connectivity index is 3.19. The van der Waals surface area contributed by atoms with Gasteiger partial charge < -0.3 is 20.7 Å². The van der Waals surface area contributed by atoms with Gasteiger partial charge in [-0.05, 0) is 39.2 Å². The van der Waals surface area contributed by atoms with E-state index in [9.17, 15) is 23.1 Å². The van der Waals surface area contributed by atoms with Crippen molar-refractivity contribution in [3.63, 3.8) is 0 Å². The molecule has 8 heteroatoms. The number of nitrogens with two attached hydrogens (primary N) is 1. The molecule has 0 aromatic heterocycles. The minimum Gasteiger partial charge on any atom is -0.481 e. The molecule has 122 valence electrons. The van der Waals surface area contributed by atoms with Crippen LogP contribution in [-0.2, 0) is 9.53 Å². The van der Waals surface area contributed by atoms with Crippen molar-refractivity contribution in [1.82, 2.24) is 0 Å². The van der Waals surface area contributed by atoms with Gasteiger partial charge >= 0.3 is 12.1 Å². The third-order valence-electron chi connectivity index (χ3n) is 3.17. The summed E-state index contributed by atoms with van der Waals surface area (Å²) in [4.78, 5) is 10.9. The number of ether oxygens (including phenoxy) is 1. The first kappa shape index (κ1) is 17.9. The zero-order chi connectivity index (χ0) is 16.6. The number of rotatable bonds is 3. The Hall–Kier alpha value is -1.12. The van der Waals surface area contributed by atoms with Crippen molar-refractivity contribution in [2.24, 2.45) is 11.7 Å². The van der Waals surface area contributed by atoms with E-state index in [4.69, 9.17) is 15.6 Å². The molecule has 3 atom stereocenters. The fraction of sp³-hybridized carbons (Fsp3) is 0.769. The second kappa shape index (κ2) is 5.94. The highest BCUT2D eigenvalue weighted by Gasteiger charge is 2.46. The lowest BCUT2D eigenvalue weighted by molar-refractivity contribution is -0.185. The predicted molar refractivity (Wildman–Crippen MR) is 68.3 cm³/mol. The number of hydrogen-bond donors (Lipinski definition) is 3. The summed E-state index contributed by atoms with van der Waals surface area (Å²) in [6.45, 7) is 4.51. The highest BCUT2D eigenvalue weighted by Crippen LogP contribution is 2.40. The van der Waals surface area contributed by atoms with E-state index >= 15 is 0 Å². The van der Waals surface area contributed by atoms with Gasteiger partial charge in [-0.15, -0.1) is 0 Å². The molecular formula is C13H20F3NO4. The van der Waals surface area contributed by atoms with E-state index in [1.165, 1.54) is 20.8 Å².